The van der Waals surface area contributed by atoms with Gasteiger partial charge in [0.05, 0.1) is 29.9 Å². The quantitative estimate of drug-likeness (QED) is 0.0347. The first-order chi connectivity index (χ1) is 25.2. The van der Waals surface area contributed by atoms with Gasteiger partial charge < -0.3 is 37.3 Å². The largest absolute Gasteiger partial charge is 0.480 e. The number of nitrogens with zero attached hydrogens (tertiary/aromatic N) is 6. The number of hydrogen-bond acceptors (Lipinski definition) is 14. The van der Waals surface area contributed by atoms with Gasteiger partial charge in [-0.2, -0.15) is 21.7 Å². The first-order valence-electron chi connectivity index (χ1n) is 17.4. The molecule has 3 rings (SSSR count). The zero-order valence-electron chi connectivity index (χ0n) is 31.1. The molecular formula is C35H53N11O5S2. The lowest BCUT2D eigenvalue weighted by Crippen LogP contribution is -2.41. The van der Waals surface area contributed by atoms with Crippen molar-refractivity contribution in [2.75, 3.05) is 48.6 Å². The highest BCUT2D eigenvalue weighted by Gasteiger charge is 2.23. The summed E-state index contributed by atoms with van der Waals surface area (Å²) < 4.78 is 8.89. The van der Waals surface area contributed by atoms with E-state index in [1.165, 1.54) is 11.9 Å². The number of anilines is 3. The number of aliphatic imine (C=N–C) groups is 1. The summed E-state index contributed by atoms with van der Waals surface area (Å²) in [5.41, 5.74) is 19.5. The fourth-order valence-electron chi connectivity index (χ4n) is 5.09. The highest BCUT2D eigenvalue weighted by Crippen LogP contribution is 2.21. The zero-order valence-corrected chi connectivity index (χ0v) is 32.8. The maximum atomic E-state index is 12.9. The number of benzene rings is 1. The standard InChI is InChI=1S/C35H53N11O5S2/c1-22(15-18-51-35(2,3)16-7-17-39-27(36)8-6-19-52-5)53-45-28(47)14-13-26(33(49)50)42-32(48)23-9-11-25(12-10-23)46(4)21-24-20-40-31-29(41-24)30(37)43-34(38)44-31/h9-12,20,22,26H,6-8,13-19,21H2,1-5H3,(H2,36,39)(H,42,48)(H,45,47)(H,49,50)(H4,37,38,40,43,44). The van der Waals surface area contributed by atoms with Gasteiger partial charge in [-0.25, -0.2) is 14.8 Å². The molecule has 3 aromatic rings. The summed E-state index contributed by atoms with van der Waals surface area (Å²) in [6.07, 6.45) is 7.83. The average Bonchev–Trinajstić information content (AvgIpc) is 3.11. The normalized spacial score (nSPS) is 13.0. The van der Waals surface area contributed by atoms with Gasteiger partial charge in [-0.3, -0.25) is 19.3 Å². The predicted octanol–water partition coefficient (Wildman–Crippen LogP) is 3.80. The lowest BCUT2D eigenvalue weighted by molar-refractivity contribution is -0.139. The van der Waals surface area contributed by atoms with Crippen LogP contribution in [0.1, 0.15) is 81.8 Å². The van der Waals surface area contributed by atoms with Gasteiger partial charge in [0.1, 0.15) is 6.04 Å². The number of nitrogen functional groups attached to an aromatic ring is 2. The highest BCUT2D eigenvalue weighted by atomic mass is 32.2. The van der Waals surface area contributed by atoms with Gasteiger partial charge in [-0.15, -0.1) is 0 Å². The summed E-state index contributed by atoms with van der Waals surface area (Å²) in [5, 5.41) is 12.3. The van der Waals surface area contributed by atoms with Crippen LogP contribution in [0.4, 0.5) is 17.5 Å². The van der Waals surface area contributed by atoms with Crippen LogP contribution in [0.15, 0.2) is 35.5 Å². The molecule has 0 saturated heterocycles. The van der Waals surface area contributed by atoms with E-state index in [9.17, 15) is 19.5 Å². The lowest BCUT2D eigenvalue weighted by atomic mass is 10.0. The van der Waals surface area contributed by atoms with Crippen molar-refractivity contribution in [3.63, 3.8) is 0 Å². The summed E-state index contributed by atoms with van der Waals surface area (Å²) in [4.78, 5) is 60.5. The molecule has 0 radical (unpaired) electrons. The second-order valence-corrected chi connectivity index (χ2v) is 15.5. The zero-order chi connectivity index (χ0) is 39.0. The summed E-state index contributed by atoms with van der Waals surface area (Å²) in [5.74, 6) is -0.164. The fraction of sp³-hybridized carbons (Fsp3) is 0.543. The van der Waals surface area contributed by atoms with E-state index in [1.807, 2.05) is 18.9 Å². The van der Waals surface area contributed by atoms with Crippen molar-refractivity contribution in [1.29, 1.82) is 0 Å². The monoisotopic (exact) mass is 771 g/mol. The van der Waals surface area contributed by atoms with Gasteiger partial charge >= 0.3 is 5.97 Å². The molecule has 0 aliphatic heterocycles. The van der Waals surface area contributed by atoms with Gasteiger partial charge in [-0.05, 0) is 94.2 Å². The van der Waals surface area contributed by atoms with E-state index in [1.54, 1.807) is 42.2 Å². The molecule has 53 heavy (non-hydrogen) atoms. The number of amides is 2. The number of ether oxygens (including phenoxy) is 1. The molecule has 2 heterocycles. The Morgan fingerprint density at radius 3 is 2.51 bits per heavy atom. The number of nitrogens with one attached hydrogen (secondary N) is 2. The van der Waals surface area contributed by atoms with Crippen molar-refractivity contribution in [2.45, 2.75) is 89.2 Å². The molecule has 9 N–H and O–H groups in total. The summed E-state index contributed by atoms with van der Waals surface area (Å²) in [7, 11) is 1.84. The van der Waals surface area contributed by atoms with Crippen molar-refractivity contribution in [2.24, 2.45) is 10.7 Å². The van der Waals surface area contributed by atoms with E-state index in [0.717, 1.165) is 43.5 Å². The lowest BCUT2D eigenvalue weighted by Gasteiger charge is -2.26. The number of fused-ring (bicyclic) bond motifs is 1. The molecule has 0 bridgehead atoms. The third-order valence-electron chi connectivity index (χ3n) is 8.16. The number of amidine groups is 1. The number of hydrogen-bond donors (Lipinski definition) is 6. The summed E-state index contributed by atoms with van der Waals surface area (Å²) in [6.45, 7) is 7.68. The average molecular weight is 772 g/mol. The van der Waals surface area contributed by atoms with E-state index < -0.39 is 17.9 Å². The molecule has 290 valence electrons. The van der Waals surface area contributed by atoms with Crippen molar-refractivity contribution in [3.8, 4) is 0 Å². The summed E-state index contributed by atoms with van der Waals surface area (Å²) >= 11 is 3.07. The minimum absolute atomic E-state index is 0.0170. The molecule has 2 amide bonds. The topological polar surface area (TPSA) is 250 Å². The highest BCUT2D eigenvalue weighted by molar-refractivity contribution is 7.98. The van der Waals surface area contributed by atoms with Crippen molar-refractivity contribution in [1.82, 2.24) is 30.0 Å². The molecule has 2 unspecified atom stereocenters. The van der Waals surface area contributed by atoms with Crippen LogP contribution < -0.4 is 32.1 Å². The molecule has 0 aliphatic carbocycles. The number of rotatable bonds is 23. The molecule has 16 nitrogen and oxygen atoms in total. The van der Waals surface area contributed by atoms with Crippen molar-refractivity contribution in [3.05, 3.63) is 41.7 Å². The van der Waals surface area contributed by atoms with Gasteiger partial charge in [-0.1, -0.05) is 6.92 Å². The SMILES string of the molecule is CSCCCC(N)=NCCCC(C)(C)OCCC(C)SNC(=O)CCC(NC(=O)c1ccc(N(C)Cc2cnc3nc(N)nc(N)c3n2)cc1)C(=O)O. The van der Waals surface area contributed by atoms with Crippen LogP contribution in [-0.2, 0) is 20.9 Å². The third-order valence-corrected chi connectivity index (χ3v) is 9.84. The molecule has 0 spiro atoms. The smallest absolute Gasteiger partial charge is 0.326 e. The maximum Gasteiger partial charge on any atom is 0.326 e. The third kappa shape index (κ3) is 15.2. The first-order valence-corrected chi connectivity index (χ1v) is 19.7. The van der Waals surface area contributed by atoms with Gasteiger partial charge in [0.25, 0.3) is 5.91 Å². The number of carboxylic acid groups (broad SMARTS) is 1. The van der Waals surface area contributed by atoms with Crippen LogP contribution in [0, 0.1) is 0 Å². The van der Waals surface area contributed by atoms with Gasteiger partial charge in [0.15, 0.2) is 17.0 Å². The molecule has 1 aromatic carbocycles. The molecule has 0 aliphatic rings. The number of aromatic nitrogens is 4. The Kier molecular flexibility index (Phi) is 17.3. The predicted molar refractivity (Wildman–Crippen MR) is 214 cm³/mol. The fourth-order valence-corrected chi connectivity index (χ4v) is 6.17. The van der Waals surface area contributed by atoms with Crippen molar-refractivity contribution >= 4 is 75.9 Å². The Morgan fingerprint density at radius 2 is 1.81 bits per heavy atom. The Balaban J connectivity index is 1.37. The number of thioether (sulfide) groups is 1. The minimum Gasteiger partial charge on any atom is -0.480 e. The Labute approximate surface area is 319 Å². The van der Waals surface area contributed by atoms with E-state index >= 15 is 0 Å². The van der Waals surface area contributed by atoms with Crippen LogP contribution in [0.25, 0.3) is 11.2 Å². The molecule has 0 saturated carbocycles. The van der Waals surface area contributed by atoms with E-state index in [4.69, 9.17) is 21.9 Å². The first kappa shape index (κ1) is 43.0. The molecule has 2 atom stereocenters. The number of carbonyl (C=O) groups excluding carboxylic acids is 2. The van der Waals surface area contributed by atoms with E-state index in [2.05, 4.69) is 55.1 Å². The molecule has 2 aromatic heterocycles. The Hall–Kier alpha value is -4.42. The van der Waals surface area contributed by atoms with Crippen molar-refractivity contribution < 1.29 is 24.2 Å². The Morgan fingerprint density at radius 1 is 1.08 bits per heavy atom. The molecular weight excluding hydrogens is 719 g/mol. The second-order valence-electron chi connectivity index (χ2n) is 13.2. The number of carboxylic acids is 1. The number of aliphatic carboxylic acids is 1. The van der Waals surface area contributed by atoms with Gasteiger partial charge in [0.2, 0.25) is 11.9 Å². The maximum absolute atomic E-state index is 12.9. The van der Waals surface area contributed by atoms with Crippen LogP contribution in [0.3, 0.4) is 0 Å². The number of carbonyl (C=O) groups is 3. The van der Waals surface area contributed by atoms with Crippen LogP contribution in [-0.4, -0.2) is 97.8 Å². The minimum atomic E-state index is -1.24. The van der Waals surface area contributed by atoms with Crippen LogP contribution in [0.2, 0.25) is 0 Å². The van der Waals surface area contributed by atoms with E-state index in [-0.39, 0.29) is 46.9 Å². The second kappa shape index (κ2) is 21.3. The molecule has 0 fully saturated rings. The van der Waals surface area contributed by atoms with Gasteiger partial charge in [0, 0.05) is 49.5 Å². The molecule has 18 heteroatoms. The Bertz CT molecular complexity index is 1690. The van der Waals surface area contributed by atoms with Crippen LogP contribution >= 0.6 is 23.7 Å². The van der Waals surface area contributed by atoms with Crippen LogP contribution in [0.5, 0.6) is 0 Å². The number of nitrogens with two attached hydrogens (primary N) is 3. The summed E-state index contributed by atoms with van der Waals surface area (Å²) in [6, 6.07) is 5.41. The van der Waals surface area contributed by atoms with E-state index in [0.29, 0.717) is 42.4 Å².